The van der Waals surface area contributed by atoms with E-state index in [1.54, 1.807) is 4.90 Å². The predicted molar refractivity (Wildman–Crippen MR) is 104 cm³/mol. The maximum Gasteiger partial charge on any atom is 0.317 e. The molecule has 2 aliphatic heterocycles. The summed E-state index contributed by atoms with van der Waals surface area (Å²) < 4.78 is 32.5. The first-order valence-electron chi connectivity index (χ1n) is 8.91. The van der Waals surface area contributed by atoms with Crippen molar-refractivity contribution in [2.24, 2.45) is 0 Å². The summed E-state index contributed by atoms with van der Waals surface area (Å²) in [5.74, 6) is 0. The van der Waals surface area contributed by atoms with Crippen molar-refractivity contribution in [2.45, 2.75) is 36.8 Å². The highest BCUT2D eigenvalue weighted by Gasteiger charge is 2.32. The Hall–Kier alpha value is -1.06. The van der Waals surface area contributed by atoms with Gasteiger partial charge in [0.1, 0.15) is 0 Å². The molecule has 27 heavy (non-hydrogen) atoms. The zero-order chi connectivity index (χ0) is 19.6. The third-order valence-electron chi connectivity index (χ3n) is 4.93. The second-order valence-corrected chi connectivity index (χ2v) is 9.51. The SMILES string of the molecule is C[C@H](NC(=O)N1CCN(S(=O)(=O)c2ccc(Cl)c(Cl)c2)CC1)[C@@H]1CCCO1. The lowest BCUT2D eigenvalue weighted by molar-refractivity contribution is 0.0821. The van der Waals surface area contributed by atoms with E-state index in [0.717, 1.165) is 19.4 Å². The lowest BCUT2D eigenvalue weighted by Crippen LogP contribution is -2.55. The van der Waals surface area contributed by atoms with Crippen molar-refractivity contribution in [3.8, 4) is 0 Å². The molecule has 0 unspecified atom stereocenters. The summed E-state index contributed by atoms with van der Waals surface area (Å²) in [6, 6.07) is 3.99. The highest BCUT2D eigenvalue weighted by atomic mass is 35.5. The van der Waals surface area contributed by atoms with Gasteiger partial charge in [-0.3, -0.25) is 0 Å². The summed E-state index contributed by atoms with van der Waals surface area (Å²) in [5, 5.41) is 3.45. The van der Waals surface area contributed by atoms with Crippen LogP contribution >= 0.6 is 23.2 Å². The molecule has 0 aliphatic carbocycles. The van der Waals surface area contributed by atoms with Gasteiger partial charge in [-0.15, -0.1) is 0 Å². The van der Waals surface area contributed by atoms with Crippen LogP contribution < -0.4 is 5.32 Å². The molecule has 0 radical (unpaired) electrons. The maximum absolute atomic E-state index is 12.8. The van der Waals surface area contributed by atoms with Crippen molar-refractivity contribution in [3.05, 3.63) is 28.2 Å². The van der Waals surface area contributed by atoms with Gasteiger partial charge < -0.3 is 15.0 Å². The van der Waals surface area contributed by atoms with Gasteiger partial charge in [0.25, 0.3) is 0 Å². The first kappa shape index (κ1) is 20.7. The molecule has 1 aromatic carbocycles. The van der Waals surface area contributed by atoms with E-state index in [9.17, 15) is 13.2 Å². The van der Waals surface area contributed by atoms with E-state index in [1.807, 2.05) is 6.92 Å². The van der Waals surface area contributed by atoms with Gasteiger partial charge in [0, 0.05) is 32.8 Å². The molecule has 2 heterocycles. The van der Waals surface area contributed by atoms with Gasteiger partial charge in [0.2, 0.25) is 10.0 Å². The van der Waals surface area contributed by atoms with Crippen LogP contribution in [0.25, 0.3) is 0 Å². The summed E-state index contributed by atoms with van der Waals surface area (Å²) in [7, 11) is -3.67. The fraction of sp³-hybridized carbons (Fsp3) is 0.588. The van der Waals surface area contributed by atoms with Crippen LogP contribution in [0.5, 0.6) is 0 Å². The van der Waals surface area contributed by atoms with E-state index in [-0.39, 0.29) is 41.2 Å². The Kier molecular flexibility index (Phi) is 6.53. The predicted octanol–water partition coefficient (Wildman–Crippen LogP) is 2.58. The van der Waals surface area contributed by atoms with E-state index < -0.39 is 10.0 Å². The van der Waals surface area contributed by atoms with Crippen LogP contribution in [0.15, 0.2) is 23.1 Å². The number of amides is 2. The first-order valence-corrected chi connectivity index (χ1v) is 11.1. The second kappa shape index (κ2) is 8.53. The minimum atomic E-state index is -3.67. The summed E-state index contributed by atoms with van der Waals surface area (Å²) in [6.45, 7) is 3.76. The summed E-state index contributed by atoms with van der Waals surface area (Å²) in [4.78, 5) is 14.2. The fourth-order valence-electron chi connectivity index (χ4n) is 3.29. The number of piperazine rings is 1. The van der Waals surface area contributed by atoms with Gasteiger partial charge in [-0.2, -0.15) is 4.31 Å². The van der Waals surface area contributed by atoms with Gasteiger partial charge >= 0.3 is 6.03 Å². The molecule has 150 valence electrons. The highest BCUT2D eigenvalue weighted by Crippen LogP contribution is 2.27. The Bertz CT molecular complexity index is 791. The van der Waals surface area contributed by atoms with Crippen molar-refractivity contribution in [1.29, 1.82) is 0 Å². The third kappa shape index (κ3) is 4.68. The molecular weight excluding hydrogens is 413 g/mol. The molecule has 2 atom stereocenters. The van der Waals surface area contributed by atoms with E-state index in [2.05, 4.69) is 5.32 Å². The number of rotatable bonds is 4. The third-order valence-corrected chi connectivity index (χ3v) is 7.56. The lowest BCUT2D eigenvalue weighted by Gasteiger charge is -2.35. The van der Waals surface area contributed by atoms with Crippen molar-refractivity contribution < 1.29 is 17.9 Å². The fourth-order valence-corrected chi connectivity index (χ4v) is 5.11. The van der Waals surface area contributed by atoms with Crippen LogP contribution in [0.3, 0.4) is 0 Å². The number of nitrogens with one attached hydrogen (secondary N) is 1. The number of ether oxygens (including phenoxy) is 1. The van der Waals surface area contributed by atoms with Crippen LogP contribution in [0.2, 0.25) is 10.0 Å². The summed E-state index contributed by atoms with van der Waals surface area (Å²) in [6.07, 6.45) is 2.00. The van der Waals surface area contributed by atoms with Crippen molar-refractivity contribution in [1.82, 2.24) is 14.5 Å². The van der Waals surface area contributed by atoms with E-state index in [1.165, 1.54) is 22.5 Å². The van der Waals surface area contributed by atoms with E-state index in [0.29, 0.717) is 18.1 Å². The first-order chi connectivity index (χ1) is 12.8. The number of hydrogen-bond donors (Lipinski definition) is 1. The molecule has 1 N–H and O–H groups in total. The zero-order valence-electron chi connectivity index (χ0n) is 15.0. The number of carbonyl (C=O) groups is 1. The van der Waals surface area contributed by atoms with Crippen molar-refractivity contribution in [3.63, 3.8) is 0 Å². The topological polar surface area (TPSA) is 79.0 Å². The van der Waals surface area contributed by atoms with Gasteiger partial charge in [0.05, 0.1) is 27.1 Å². The number of carbonyl (C=O) groups excluding carboxylic acids is 1. The Morgan fingerprint density at radius 2 is 1.93 bits per heavy atom. The van der Waals surface area contributed by atoms with Crippen molar-refractivity contribution >= 4 is 39.3 Å². The highest BCUT2D eigenvalue weighted by molar-refractivity contribution is 7.89. The molecule has 0 aromatic heterocycles. The average Bonchev–Trinajstić information content (AvgIpc) is 3.19. The molecular formula is C17H23Cl2N3O4S. The summed E-state index contributed by atoms with van der Waals surface area (Å²) in [5.41, 5.74) is 0. The van der Waals surface area contributed by atoms with Crippen LogP contribution in [-0.2, 0) is 14.8 Å². The molecule has 10 heteroatoms. The minimum absolute atomic E-state index is 0.0465. The number of benzene rings is 1. The van der Waals surface area contributed by atoms with Crippen LogP contribution in [0.4, 0.5) is 4.79 Å². The smallest absolute Gasteiger partial charge is 0.317 e. The molecule has 2 amide bonds. The molecule has 0 spiro atoms. The molecule has 0 saturated carbocycles. The monoisotopic (exact) mass is 435 g/mol. The van der Waals surface area contributed by atoms with Gasteiger partial charge in [-0.05, 0) is 38.0 Å². The Morgan fingerprint density at radius 1 is 1.22 bits per heavy atom. The van der Waals surface area contributed by atoms with E-state index >= 15 is 0 Å². The number of urea groups is 1. The molecule has 2 saturated heterocycles. The normalized spacial score (nSPS) is 22.6. The van der Waals surface area contributed by atoms with Gasteiger partial charge in [-0.1, -0.05) is 23.2 Å². The zero-order valence-corrected chi connectivity index (χ0v) is 17.4. The molecule has 1 aromatic rings. The Labute approximate surface area is 169 Å². The maximum atomic E-state index is 12.8. The van der Waals surface area contributed by atoms with E-state index in [4.69, 9.17) is 27.9 Å². The van der Waals surface area contributed by atoms with Crippen LogP contribution in [0.1, 0.15) is 19.8 Å². The quantitative estimate of drug-likeness (QED) is 0.787. The largest absolute Gasteiger partial charge is 0.376 e. The summed E-state index contributed by atoms with van der Waals surface area (Å²) >= 11 is 11.8. The van der Waals surface area contributed by atoms with Crippen LogP contribution in [-0.4, -0.2) is 68.6 Å². The van der Waals surface area contributed by atoms with Gasteiger partial charge in [-0.25, -0.2) is 13.2 Å². The molecule has 7 nitrogen and oxygen atoms in total. The minimum Gasteiger partial charge on any atom is -0.376 e. The number of sulfonamides is 1. The number of nitrogens with zero attached hydrogens (tertiary/aromatic N) is 2. The van der Waals surface area contributed by atoms with Crippen molar-refractivity contribution in [2.75, 3.05) is 32.8 Å². The van der Waals surface area contributed by atoms with Gasteiger partial charge in [0.15, 0.2) is 0 Å². The Morgan fingerprint density at radius 3 is 2.52 bits per heavy atom. The number of hydrogen-bond acceptors (Lipinski definition) is 4. The Balaban J connectivity index is 1.57. The molecule has 3 rings (SSSR count). The number of halogens is 2. The second-order valence-electron chi connectivity index (χ2n) is 6.76. The standard InChI is InChI=1S/C17H23Cl2N3O4S/c1-12(16-3-2-10-26-16)20-17(23)21-6-8-22(9-7-21)27(24,25)13-4-5-14(18)15(19)11-13/h4-5,11-12,16H,2-3,6-10H2,1H3,(H,20,23)/t12-,16-/m0/s1. The average molecular weight is 436 g/mol. The molecule has 2 aliphatic rings. The molecule has 0 bridgehead atoms. The molecule has 2 fully saturated rings. The van der Waals surface area contributed by atoms with Crippen LogP contribution in [0, 0.1) is 0 Å². The lowest BCUT2D eigenvalue weighted by atomic mass is 10.1.